The third kappa shape index (κ3) is 3.07. The molecule has 1 aromatic rings. The summed E-state index contributed by atoms with van der Waals surface area (Å²) in [4.78, 5) is 0. The summed E-state index contributed by atoms with van der Waals surface area (Å²) in [5.41, 5.74) is 0.353. The lowest BCUT2D eigenvalue weighted by molar-refractivity contribution is -0.0797. The molecule has 3 unspecified atom stereocenters. The van der Waals surface area contributed by atoms with Gasteiger partial charge in [0.25, 0.3) is 0 Å². The molecule has 1 N–H and O–H groups in total. The molecule has 2 rings (SSSR count). The highest BCUT2D eigenvalue weighted by Gasteiger charge is 2.43. The quantitative estimate of drug-likeness (QED) is 0.872. The summed E-state index contributed by atoms with van der Waals surface area (Å²) in [5, 5.41) is 3.28. The summed E-state index contributed by atoms with van der Waals surface area (Å²) in [6.45, 7) is 2.25. The van der Waals surface area contributed by atoms with Gasteiger partial charge in [-0.2, -0.15) is 0 Å². The van der Waals surface area contributed by atoms with Crippen LogP contribution in [0.4, 0.5) is 4.39 Å². The number of halogens is 2. The van der Waals surface area contributed by atoms with E-state index in [1.165, 1.54) is 12.5 Å². The topological polar surface area (TPSA) is 21.3 Å². The fraction of sp³-hybridized carbons (Fsp3) is 0.625. The molecule has 20 heavy (non-hydrogen) atoms. The Kier molecular flexibility index (Phi) is 5.21. The lowest BCUT2D eigenvalue weighted by Crippen LogP contribution is -2.47. The Morgan fingerprint density at radius 1 is 1.50 bits per heavy atom. The van der Waals surface area contributed by atoms with Crippen LogP contribution < -0.4 is 5.32 Å². The van der Waals surface area contributed by atoms with Gasteiger partial charge >= 0.3 is 0 Å². The van der Waals surface area contributed by atoms with Gasteiger partial charge in [0.2, 0.25) is 0 Å². The average molecular weight is 344 g/mol. The number of benzene rings is 1. The van der Waals surface area contributed by atoms with E-state index in [0.717, 1.165) is 23.7 Å². The number of likely N-dealkylation sites (N-methyl/N-ethyl adjacent to an activating group) is 1. The summed E-state index contributed by atoms with van der Waals surface area (Å²) < 4.78 is 21.0. The van der Waals surface area contributed by atoms with Gasteiger partial charge in [-0.25, -0.2) is 4.39 Å². The number of ether oxygens (including phenoxy) is 1. The molecule has 0 radical (unpaired) electrons. The maximum Gasteiger partial charge on any atom is 0.128 e. The zero-order chi connectivity index (χ0) is 14.8. The van der Waals surface area contributed by atoms with Gasteiger partial charge in [0, 0.05) is 17.1 Å². The van der Waals surface area contributed by atoms with Gasteiger partial charge < -0.3 is 10.1 Å². The molecular formula is C16H23BrFNO. The standard InChI is InChI=1S/C16H23BrFNO/c1-11-5-4-8-16(10-11,20-3)15(19-2)13-9-12(17)6-7-14(13)18/h6-7,9,11,15,19H,4-5,8,10H2,1-3H3. The van der Waals surface area contributed by atoms with Crippen molar-refractivity contribution in [2.45, 2.75) is 44.2 Å². The Labute approximate surface area is 129 Å². The first-order valence-corrected chi connectivity index (χ1v) is 7.99. The average Bonchev–Trinajstić information content (AvgIpc) is 2.43. The van der Waals surface area contributed by atoms with Crippen molar-refractivity contribution in [3.05, 3.63) is 34.1 Å². The largest absolute Gasteiger partial charge is 0.376 e. The lowest BCUT2D eigenvalue weighted by Gasteiger charge is -2.44. The molecule has 112 valence electrons. The normalized spacial score (nSPS) is 28.4. The summed E-state index contributed by atoms with van der Waals surface area (Å²) in [7, 11) is 3.63. The van der Waals surface area contributed by atoms with E-state index in [1.54, 1.807) is 13.2 Å². The molecule has 0 aliphatic heterocycles. The molecular weight excluding hydrogens is 321 g/mol. The minimum Gasteiger partial charge on any atom is -0.376 e. The molecule has 0 amide bonds. The summed E-state index contributed by atoms with van der Waals surface area (Å²) >= 11 is 3.43. The highest BCUT2D eigenvalue weighted by molar-refractivity contribution is 9.10. The summed E-state index contributed by atoms with van der Waals surface area (Å²) in [5.74, 6) is 0.428. The first-order chi connectivity index (χ1) is 9.52. The fourth-order valence-electron chi connectivity index (χ4n) is 3.55. The van der Waals surface area contributed by atoms with Gasteiger partial charge in [-0.3, -0.25) is 0 Å². The minimum absolute atomic E-state index is 0.132. The minimum atomic E-state index is -0.325. The number of hydrogen-bond donors (Lipinski definition) is 1. The van der Waals surface area contributed by atoms with Crippen molar-refractivity contribution in [1.29, 1.82) is 0 Å². The maximum atomic E-state index is 14.2. The predicted molar refractivity (Wildman–Crippen MR) is 83.3 cm³/mol. The van der Waals surface area contributed by atoms with E-state index >= 15 is 0 Å². The van der Waals surface area contributed by atoms with Crippen molar-refractivity contribution >= 4 is 15.9 Å². The molecule has 1 aromatic carbocycles. The van der Waals surface area contributed by atoms with Gasteiger partial charge in [0.1, 0.15) is 5.82 Å². The van der Waals surface area contributed by atoms with Crippen LogP contribution in [0.3, 0.4) is 0 Å². The van der Waals surface area contributed by atoms with Crippen LogP contribution in [-0.2, 0) is 4.74 Å². The van der Waals surface area contributed by atoms with E-state index in [4.69, 9.17) is 4.74 Å². The van der Waals surface area contributed by atoms with E-state index in [1.807, 2.05) is 13.1 Å². The van der Waals surface area contributed by atoms with Gasteiger partial charge in [0.05, 0.1) is 11.6 Å². The second-order valence-corrected chi connectivity index (χ2v) is 6.77. The molecule has 0 aromatic heterocycles. The fourth-order valence-corrected chi connectivity index (χ4v) is 3.93. The molecule has 0 bridgehead atoms. The molecule has 4 heteroatoms. The molecule has 1 aliphatic rings. The maximum absolute atomic E-state index is 14.2. The Morgan fingerprint density at radius 2 is 2.25 bits per heavy atom. The van der Waals surface area contributed by atoms with Crippen LogP contribution >= 0.6 is 15.9 Å². The van der Waals surface area contributed by atoms with Crippen molar-refractivity contribution in [3.8, 4) is 0 Å². The van der Waals surface area contributed by atoms with Gasteiger partial charge in [-0.05, 0) is 44.0 Å². The van der Waals surface area contributed by atoms with E-state index < -0.39 is 0 Å². The molecule has 0 saturated heterocycles. The van der Waals surface area contributed by atoms with E-state index in [2.05, 4.69) is 28.2 Å². The zero-order valence-electron chi connectivity index (χ0n) is 12.4. The van der Waals surface area contributed by atoms with E-state index in [-0.39, 0.29) is 17.5 Å². The summed E-state index contributed by atoms with van der Waals surface area (Å²) in [6, 6.07) is 4.97. The number of hydrogen-bond acceptors (Lipinski definition) is 2. The number of rotatable bonds is 4. The van der Waals surface area contributed by atoms with Crippen molar-refractivity contribution < 1.29 is 9.13 Å². The molecule has 1 aliphatic carbocycles. The molecule has 2 nitrogen and oxygen atoms in total. The Balaban J connectivity index is 2.41. The van der Waals surface area contributed by atoms with Gasteiger partial charge in [0.15, 0.2) is 0 Å². The van der Waals surface area contributed by atoms with Crippen LogP contribution in [0.1, 0.15) is 44.2 Å². The van der Waals surface area contributed by atoms with Crippen LogP contribution in [0.15, 0.2) is 22.7 Å². The molecule has 3 atom stereocenters. The van der Waals surface area contributed by atoms with Crippen molar-refractivity contribution in [2.75, 3.05) is 14.2 Å². The highest BCUT2D eigenvalue weighted by atomic mass is 79.9. The highest BCUT2D eigenvalue weighted by Crippen LogP contribution is 2.44. The van der Waals surface area contributed by atoms with E-state index in [9.17, 15) is 4.39 Å². The van der Waals surface area contributed by atoms with Crippen molar-refractivity contribution in [1.82, 2.24) is 5.32 Å². The molecule has 1 fully saturated rings. The molecule has 0 heterocycles. The van der Waals surface area contributed by atoms with Crippen LogP contribution in [0, 0.1) is 11.7 Å². The Bertz CT molecular complexity index is 468. The van der Waals surface area contributed by atoms with Gasteiger partial charge in [-0.15, -0.1) is 0 Å². The van der Waals surface area contributed by atoms with Crippen LogP contribution in [-0.4, -0.2) is 19.8 Å². The van der Waals surface area contributed by atoms with Crippen molar-refractivity contribution in [3.63, 3.8) is 0 Å². The molecule has 1 saturated carbocycles. The monoisotopic (exact) mass is 343 g/mol. The first kappa shape index (κ1) is 15.9. The van der Waals surface area contributed by atoms with E-state index in [0.29, 0.717) is 11.5 Å². The first-order valence-electron chi connectivity index (χ1n) is 7.20. The second kappa shape index (κ2) is 6.54. The number of nitrogens with one attached hydrogen (secondary N) is 1. The lowest BCUT2D eigenvalue weighted by atomic mass is 9.72. The Hall–Kier alpha value is -0.450. The van der Waals surface area contributed by atoms with Gasteiger partial charge in [-0.1, -0.05) is 35.7 Å². The second-order valence-electron chi connectivity index (χ2n) is 5.86. The number of methoxy groups -OCH3 is 1. The SMILES string of the molecule is CNC(c1cc(Br)ccc1F)C1(OC)CCCC(C)C1. The van der Waals surface area contributed by atoms with Crippen LogP contribution in [0.5, 0.6) is 0 Å². The zero-order valence-corrected chi connectivity index (χ0v) is 14.0. The third-order valence-corrected chi connectivity index (χ3v) is 4.97. The van der Waals surface area contributed by atoms with Crippen LogP contribution in [0.2, 0.25) is 0 Å². The van der Waals surface area contributed by atoms with Crippen LogP contribution in [0.25, 0.3) is 0 Å². The Morgan fingerprint density at radius 3 is 2.85 bits per heavy atom. The predicted octanol–water partition coefficient (Wildman–Crippen LogP) is 4.44. The van der Waals surface area contributed by atoms with Crippen molar-refractivity contribution in [2.24, 2.45) is 5.92 Å². The summed E-state index contributed by atoms with van der Waals surface area (Å²) in [6.07, 6.45) is 4.28. The smallest absolute Gasteiger partial charge is 0.128 e. The molecule has 0 spiro atoms. The third-order valence-electron chi connectivity index (χ3n) is 4.48.